The Balaban J connectivity index is 1.51. The van der Waals surface area contributed by atoms with E-state index in [0.29, 0.717) is 54.0 Å². The van der Waals surface area contributed by atoms with Crippen molar-refractivity contribution in [1.29, 1.82) is 0 Å². The molecule has 0 saturated carbocycles. The minimum absolute atomic E-state index is 0.209. The topological polar surface area (TPSA) is 102 Å². The smallest absolute Gasteiger partial charge is 0.266 e. The fraction of sp³-hybridized carbons (Fsp3) is 0.250. The first kappa shape index (κ1) is 22.1. The molecule has 0 atom stereocenters. The molecule has 0 spiro atoms. The number of rotatable bonds is 9. The molecule has 0 bridgehead atoms. The standard InChI is InChI=1S/C24H24N4O5/c1-4-32-17-10-8-16(9-11-17)19-12-13-22(29)28(26-19)15-14-21-25-24(27-33-21)18-6-5-7-20(30-2)23(18)31-3/h5-13H,4,14-15H2,1-3H3. The minimum Gasteiger partial charge on any atom is -0.494 e. The fourth-order valence-electron chi connectivity index (χ4n) is 3.38. The number of aryl methyl sites for hydroxylation is 2. The molecule has 2 aromatic carbocycles. The number of hydrogen-bond acceptors (Lipinski definition) is 8. The van der Waals surface area contributed by atoms with Crippen molar-refractivity contribution in [3.8, 4) is 39.9 Å². The van der Waals surface area contributed by atoms with Gasteiger partial charge < -0.3 is 18.7 Å². The van der Waals surface area contributed by atoms with Crippen molar-refractivity contribution in [1.82, 2.24) is 19.9 Å². The summed E-state index contributed by atoms with van der Waals surface area (Å²) in [5, 5.41) is 8.54. The lowest BCUT2D eigenvalue weighted by Crippen LogP contribution is -2.23. The second kappa shape index (κ2) is 9.99. The van der Waals surface area contributed by atoms with Gasteiger partial charge in [0.25, 0.3) is 5.56 Å². The largest absolute Gasteiger partial charge is 0.494 e. The van der Waals surface area contributed by atoms with E-state index in [9.17, 15) is 4.79 Å². The van der Waals surface area contributed by atoms with Gasteiger partial charge in [0.05, 0.1) is 38.6 Å². The van der Waals surface area contributed by atoms with Crippen LogP contribution in [-0.2, 0) is 13.0 Å². The predicted octanol–water partition coefficient (Wildman–Crippen LogP) is 3.62. The zero-order chi connectivity index (χ0) is 23.2. The highest BCUT2D eigenvalue weighted by molar-refractivity contribution is 5.68. The Hall–Kier alpha value is -4.14. The summed E-state index contributed by atoms with van der Waals surface area (Å²) in [5.74, 6) is 2.64. The number of benzene rings is 2. The van der Waals surface area contributed by atoms with Crippen LogP contribution >= 0.6 is 0 Å². The van der Waals surface area contributed by atoms with E-state index >= 15 is 0 Å². The second-order valence-electron chi connectivity index (χ2n) is 7.04. The molecule has 9 heteroatoms. The van der Waals surface area contributed by atoms with Crippen LogP contribution in [0.25, 0.3) is 22.6 Å². The van der Waals surface area contributed by atoms with E-state index in [1.807, 2.05) is 43.3 Å². The van der Waals surface area contributed by atoms with Crippen molar-refractivity contribution in [2.45, 2.75) is 19.9 Å². The summed E-state index contributed by atoms with van der Waals surface area (Å²) >= 11 is 0. The summed E-state index contributed by atoms with van der Waals surface area (Å²) in [6.45, 7) is 2.83. The first-order valence-corrected chi connectivity index (χ1v) is 10.5. The van der Waals surface area contributed by atoms with Gasteiger partial charge >= 0.3 is 0 Å². The van der Waals surface area contributed by atoms with E-state index in [0.717, 1.165) is 11.3 Å². The number of aromatic nitrogens is 4. The van der Waals surface area contributed by atoms with Gasteiger partial charge in [-0.3, -0.25) is 4.79 Å². The van der Waals surface area contributed by atoms with E-state index in [-0.39, 0.29) is 5.56 Å². The molecule has 4 rings (SSSR count). The molecule has 0 fully saturated rings. The van der Waals surface area contributed by atoms with Crippen molar-refractivity contribution in [3.05, 3.63) is 70.8 Å². The van der Waals surface area contributed by atoms with E-state index in [1.54, 1.807) is 26.4 Å². The monoisotopic (exact) mass is 448 g/mol. The molecule has 33 heavy (non-hydrogen) atoms. The average Bonchev–Trinajstić information content (AvgIpc) is 3.32. The molecule has 0 unspecified atom stereocenters. The van der Waals surface area contributed by atoms with Gasteiger partial charge in [-0.25, -0.2) is 4.68 Å². The summed E-state index contributed by atoms with van der Waals surface area (Å²) < 4.78 is 23.0. The average molecular weight is 448 g/mol. The molecule has 9 nitrogen and oxygen atoms in total. The lowest BCUT2D eigenvalue weighted by Gasteiger charge is -2.09. The van der Waals surface area contributed by atoms with Gasteiger partial charge in [-0.15, -0.1) is 0 Å². The summed E-state index contributed by atoms with van der Waals surface area (Å²) in [4.78, 5) is 16.8. The first-order chi connectivity index (χ1) is 16.1. The van der Waals surface area contributed by atoms with Gasteiger partial charge in [-0.2, -0.15) is 10.1 Å². The minimum atomic E-state index is -0.209. The van der Waals surface area contributed by atoms with E-state index in [1.165, 1.54) is 10.7 Å². The van der Waals surface area contributed by atoms with Crippen molar-refractivity contribution < 1.29 is 18.7 Å². The van der Waals surface area contributed by atoms with Gasteiger partial charge in [0.1, 0.15) is 5.75 Å². The molecule has 0 saturated heterocycles. The highest BCUT2D eigenvalue weighted by atomic mass is 16.5. The van der Waals surface area contributed by atoms with E-state index in [4.69, 9.17) is 18.7 Å². The highest BCUT2D eigenvalue weighted by Gasteiger charge is 2.17. The van der Waals surface area contributed by atoms with E-state index < -0.39 is 0 Å². The molecule has 0 aliphatic carbocycles. The molecule has 0 radical (unpaired) electrons. The van der Waals surface area contributed by atoms with Gasteiger partial charge in [0.15, 0.2) is 11.5 Å². The van der Waals surface area contributed by atoms with E-state index in [2.05, 4.69) is 15.2 Å². The molecule has 170 valence electrons. The van der Waals surface area contributed by atoms with Crippen LogP contribution < -0.4 is 19.8 Å². The number of ether oxygens (including phenoxy) is 3. The molecule has 0 aliphatic heterocycles. The Bertz CT molecular complexity index is 1280. The quantitative estimate of drug-likeness (QED) is 0.383. The third-order valence-electron chi connectivity index (χ3n) is 4.98. The van der Waals surface area contributed by atoms with Gasteiger partial charge in [0.2, 0.25) is 11.7 Å². The molecule has 2 aromatic heterocycles. The maximum atomic E-state index is 12.3. The second-order valence-corrected chi connectivity index (χ2v) is 7.04. The molecule has 2 heterocycles. The zero-order valence-corrected chi connectivity index (χ0v) is 18.6. The van der Waals surface area contributed by atoms with Crippen LogP contribution in [0.1, 0.15) is 12.8 Å². The van der Waals surface area contributed by atoms with Gasteiger partial charge in [-0.1, -0.05) is 11.2 Å². The lowest BCUT2D eigenvalue weighted by molar-refractivity contribution is 0.340. The molecule has 4 aromatic rings. The van der Waals surface area contributed by atoms with Crippen LogP contribution in [0.15, 0.2) is 63.9 Å². The van der Waals surface area contributed by atoms with Crippen molar-refractivity contribution in [2.24, 2.45) is 0 Å². The van der Waals surface area contributed by atoms with Crippen molar-refractivity contribution in [2.75, 3.05) is 20.8 Å². The van der Waals surface area contributed by atoms with Crippen LogP contribution in [0, 0.1) is 0 Å². The van der Waals surface area contributed by atoms with Crippen LogP contribution in [0.5, 0.6) is 17.2 Å². The zero-order valence-electron chi connectivity index (χ0n) is 18.6. The SMILES string of the molecule is CCOc1ccc(-c2ccc(=O)n(CCc3nc(-c4cccc(OC)c4OC)no3)n2)cc1. The van der Waals surface area contributed by atoms with Crippen molar-refractivity contribution >= 4 is 0 Å². The third-order valence-corrected chi connectivity index (χ3v) is 4.98. The van der Waals surface area contributed by atoms with Crippen LogP contribution in [0.4, 0.5) is 0 Å². The number of methoxy groups -OCH3 is 2. The number of para-hydroxylation sites is 1. The molecule has 0 N–H and O–H groups in total. The van der Waals surface area contributed by atoms with Crippen molar-refractivity contribution in [3.63, 3.8) is 0 Å². The highest BCUT2D eigenvalue weighted by Crippen LogP contribution is 2.36. The Morgan fingerprint density at radius 1 is 1.00 bits per heavy atom. The number of nitrogens with zero attached hydrogens (tertiary/aromatic N) is 4. The Labute approximate surface area is 190 Å². The van der Waals surface area contributed by atoms with Gasteiger partial charge in [0, 0.05) is 18.1 Å². The fourth-order valence-corrected chi connectivity index (χ4v) is 3.38. The number of hydrogen-bond donors (Lipinski definition) is 0. The Morgan fingerprint density at radius 2 is 1.82 bits per heavy atom. The Morgan fingerprint density at radius 3 is 2.55 bits per heavy atom. The molecule has 0 amide bonds. The normalized spacial score (nSPS) is 10.8. The summed E-state index contributed by atoms with van der Waals surface area (Å²) in [7, 11) is 3.12. The predicted molar refractivity (Wildman–Crippen MR) is 122 cm³/mol. The first-order valence-electron chi connectivity index (χ1n) is 10.5. The van der Waals surface area contributed by atoms with Crippen LogP contribution in [-0.4, -0.2) is 40.7 Å². The Kier molecular flexibility index (Phi) is 6.68. The van der Waals surface area contributed by atoms with Crippen LogP contribution in [0.2, 0.25) is 0 Å². The molecular formula is C24H24N4O5. The molecular weight excluding hydrogens is 424 g/mol. The lowest BCUT2D eigenvalue weighted by atomic mass is 10.1. The summed E-state index contributed by atoms with van der Waals surface area (Å²) in [6.07, 6.45) is 0.346. The van der Waals surface area contributed by atoms with Gasteiger partial charge in [-0.05, 0) is 49.4 Å². The summed E-state index contributed by atoms with van der Waals surface area (Å²) in [6, 6.07) is 16.2. The third kappa shape index (κ3) is 4.87. The molecule has 0 aliphatic rings. The maximum Gasteiger partial charge on any atom is 0.266 e. The van der Waals surface area contributed by atoms with Crippen LogP contribution in [0.3, 0.4) is 0 Å². The maximum absolute atomic E-state index is 12.3. The summed E-state index contributed by atoms with van der Waals surface area (Å²) in [5.41, 5.74) is 2.01.